The molecule has 2 aromatic rings. The Morgan fingerprint density at radius 3 is 2.83 bits per heavy atom. The average Bonchev–Trinajstić information content (AvgIpc) is 3.21. The zero-order valence-corrected chi connectivity index (χ0v) is 13.5. The number of aromatic nitrogens is 3. The van der Waals surface area contributed by atoms with Gasteiger partial charge in [-0.05, 0) is 25.0 Å². The molecule has 7 heteroatoms. The minimum absolute atomic E-state index is 0.0168. The van der Waals surface area contributed by atoms with Crippen molar-refractivity contribution in [1.29, 1.82) is 0 Å². The summed E-state index contributed by atoms with van der Waals surface area (Å²) in [6, 6.07) is 5.41. The quantitative estimate of drug-likeness (QED) is 0.832. The highest BCUT2D eigenvalue weighted by molar-refractivity contribution is 5.96. The Hall–Kier alpha value is -2.70. The van der Waals surface area contributed by atoms with Gasteiger partial charge in [0.2, 0.25) is 5.91 Å². The van der Waals surface area contributed by atoms with Gasteiger partial charge < -0.3 is 9.80 Å². The molecule has 2 fully saturated rings. The molecule has 0 radical (unpaired) electrons. The number of likely N-dealkylation sites (tertiary alicyclic amines) is 1. The number of nitrogens with zero attached hydrogens (tertiary/aromatic N) is 5. The molecule has 4 heterocycles. The lowest BCUT2D eigenvalue weighted by atomic mass is 9.95. The number of hydrogen-bond acceptors (Lipinski definition) is 4. The zero-order valence-electron chi connectivity index (χ0n) is 13.5. The molecule has 4 rings (SSSR count). The Balaban J connectivity index is 1.61. The lowest BCUT2D eigenvalue weighted by molar-refractivity contribution is -0.120. The SMILES string of the molecule is Cn1cc(N2C(=O)CC[C@H]3[C@@H]2CCN3C(=O)c2ccccn2)cn1. The number of rotatable bonds is 2. The summed E-state index contributed by atoms with van der Waals surface area (Å²) < 4.78 is 1.69. The van der Waals surface area contributed by atoms with Crippen molar-refractivity contribution in [3.8, 4) is 0 Å². The van der Waals surface area contributed by atoms with Crippen molar-refractivity contribution < 1.29 is 9.59 Å². The van der Waals surface area contributed by atoms with E-state index in [0.717, 1.165) is 12.1 Å². The van der Waals surface area contributed by atoms with Crippen molar-refractivity contribution in [3.05, 3.63) is 42.5 Å². The number of amides is 2. The Labute approximate surface area is 139 Å². The minimum atomic E-state index is -0.0522. The van der Waals surface area contributed by atoms with Crippen LogP contribution < -0.4 is 4.90 Å². The van der Waals surface area contributed by atoms with Gasteiger partial charge in [0.1, 0.15) is 5.69 Å². The highest BCUT2D eigenvalue weighted by Gasteiger charge is 2.46. The molecule has 0 aliphatic carbocycles. The highest BCUT2D eigenvalue weighted by Crippen LogP contribution is 2.35. The van der Waals surface area contributed by atoms with Crippen LogP contribution in [0.25, 0.3) is 0 Å². The third-order valence-corrected chi connectivity index (χ3v) is 4.88. The van der Waals surface area contributed by atoms with E-state index >= 15 is 0 Å². The summed E-state index contributed by atoms with van der Waals surface area (Å²) in [5, 5.41) is 4.17. The molecule has 2 aliphatic rings. The van der Waals surface area contributed by atoms with Crippen LogP contribution in [0.1, 0.15) is 29.8 Å². The van der Waals surface area contributed by atoms with Crippen molar-refractivity contribution in [1.82, 2.24) is 19.7 Å². The standard InChI is InChI=1S/C17H19N5O2/c1-20-11-12(10-19-20)22-15-7-9-21(14(15)5-6-16(22)23)17(24)13-4-2-3-8-18-13/h2-4,8,10-11,14-15H,5-7,9H2,1H3/t14-,15-/m0/s1. The average molecular weight is 325 g/mol. The second-order valence-electron chi connectivity index (χ2n) is 6.31. The molecule has 2 aromatic heterocycles. The smallest absolute Gasteiger partial charge is 0.272 e. The molecule has 124 valence electrons. The highest BCUT2D eigenvalue weighted by atomic mass is 16.2. The van der Waals surface area contributed by atoms with Gasteiger partial charge in [0, 0.05) is 32.4 Å². The number of hydrogen-bond donors (Lipinski definition) is 0. The summed E-state index contributed by atoms with van der Waals surface area (Å²) >= 11 is 0. The molecule has 0 spiro atoms. The Bertz CT molecular complexity index is 772. The molecule has 2 aliphatic heterocycles. The number of piperidine rings is 1. The molecule has 0 saturated carbocycles. The van der Waals surface area contributed by atoms with Crippen LogP contribution in [0, 0.1) is 0 Å². The zero-order chi connectivity index (χ0) is 16.7. The van der Waals surface area contributed by atoms with Crippen molar-refractivity contribution in [3.63, 3.8) is 0 Å². The van der Waals surface area contributed by atoms with Gasteiger partial charge in [-0.3, -0.25) is 19.3 Å². The second kappa shape index (κ2) is 5.74. The number of carbonyl (C=O) groups excluding carboxylic acids is 2. The third-order valence-electron chi connectivity index (χ3n) is 4.88. The molecule has 2 amide bonds. The van der Waals surface area contributed by atoms with E-state index in [-0.39, 0.29) is 23.9 Å². The first kappa shape index (κ1) is 14.9. The molecule has 0 unspecified atom stereocenters. The van der Waals surface area contributed by atoms with Crippen molar-refractivity contribution in [2.45, 2.75) is 31.3 Å². The van der Waals surface area contributed by atoms with E-state index in [1.54, 1.807) is 29.2 Å². The molecule has 2 atom stereocenters. The van der Waals surface area contributed by atoms with Crippen LogP contribution in [0.3, 0.4) is 0 Å². The van der Waals surface area contributed by atoms with E-state index in [1.807, 2.05) is 29.1 Å². The van der Waals surface area contributed by atoms with E-state index in [1.165, 1.54) is 0 Å². The number of pyridine rings is 1. The molecule has 24 heavy (non-hydrogen) atoms. The van der Waals surface area contributed by atoms with Gasteiger partial charge in [0.05, 0.1) is 24.0 Å². The van der Waals surface area contributed by atoms with Crippen LogP contribution in [0.2, 0.25) is 0 Å². The summed E-state index contributed by atoms with van der Waals surface area (Å²) in [4.78, 5) is 33.1. The van der Waals surface area contributed by atoms with Crippen molar-refractivity contribution in [2.75, 3.05) is 11.4 Å². The Morgan fingerprint density at radius 1 is 1.25 bits per heavy atom. The van der Waals surface area contributed by atoms with Crippen LogP contribution in [-0.4, -0.2) is 50.1 Å². The van der Waals surface area contributed by atoms with Crippen LogP contribution in [0.15, 0.2) is 36.8 Å². The fourth-order valence-electron chi connectivity index (χ4n) is 3.82. The van der Waals surface area contributed by atoms with Gasteiger partial charge in [-0.25, -0.2) is 0 Å². The minimum Gasteiger partial charge on any atom is -0.332 e. The van der Waals surface area contributed by atoms with Crippen molar-refractivity contribution >= 4 is 17.5 Å². The van der Waals surface area contributed by atoms with Gasteiger partial charge in [0.15, 0.2) is 0 Å². The molecular formula is C17H19N5O2. The molecule has 0 N–H and O–H groups in total. The first-order valence-corrected chi connectivity index (χ1v) is 8.18. The molecule has 0 bridgehead atoms. The largest absolute Gasteiger partial charge is 0.332 e. The molecule has 2 saturated heterocycles. The molecule has 0 aromatic carbocycles. The Morgan fingerprint density at radius 2 is 2.12 bits per heavy atom. The first-order chi connectivity index (χ1) is 11.6. The summed E-state index contributed by atoms with van der Waals surface area (Å²) in [5.74, 6) is 0.0555. The number of anilines is 1. The van der Waals surface area contributed by atoms with Crippen molar-refractivity contribution in [2.24, 2.45) is 7.05 Å². The summed E-state index contributed by atoms with van der Waals surface area (Å²) in [7, 11) is 1.83. The first-order valence-electron chi connectivity index (χ1n) is 8.18. The third kappa shape index (κ3) is 2.36. The van der Waals surface area contributed by atoms with Crippen LogP contribution in [0.4, 0.5) is 5.69 Å². The van der Waals surface area contributed by atoms with Crippen LogP contribution in [0.5, 0.6) is 0 Å². The predicted molar refractivity (Wildman–Crippen MR) is 87.4 cm³/mol. The number of fused-ring (bicyclic) bond motifs is 1. The number of carbonyl (C=O) groups is 2. The summed E-state index contributed by atoms with van der Waals surface area (Å²) in [5.41, 5.74) is 1.27. The fourth-order valence-corrected chi connectivity index (χ4v) is 3.82. The van der Waals surface area contributed by atoms with E-state index in [2.05, 4.69) is 10.1 Å². The number of aryl methyl sites for hydroxylation is 1. The maximum Gasteiger partial charge on any atom is 0.272 e. The van der Waals surface area contributed by atoms with E-state index in [0.29, 0.717) is 25.1 Å². The van der Waals surface area contributed by atoms with Gasteiger partial charge in [-0.2, -0.15) is 5.10 Å². The summed E-state index contributed by atoms with van der Waals surface area (Å²) in [6.07, 6.45) is 7.13. The lowest BCUT2D eigenvalue weighted by Gasteiger charge is -2.38. The predicted octanol–water partition coefficient (Wildman–Crippen LogP) is 1.23. The monoisotopic (exact) mass is 325 g/mol. The van der Waals surface area contributed by atoms with Gasteiger partial charge in [-0.1, -0.05) is 6.07 Å². The second-order valence-corrected chi connectivity index (χ2v) is 6.31. The maximum absolute atomic E-state index is 12.8. The van der Waals surface area contributed by atoms with E-state index in [9.17, 15) is 9.59 Å². The van der Waals surface area contributed by atoms with Crippen LogP contribution >= 0.6 is 0 Å². The van der Waals surface area contributed by atoms with Gasteiger partial charge in [0.25, 0.3) is 5.91 Å². The maximum atomic E-state index is 12.8. The topological polar surface area (TPSA) is 71.3 Å². The Kier molecular flexibility index (Phi) is 3.55. The van der Waals surface area contributed by atoms with E-state index < -0.39 is 0 Å². The molecule has 7 nitrogen and oxygen atoms in total. The fraction of sp³-hybridized carbons (Fsp3) is 0.412. The lowest BCUT2D eigenvalue weighted by Crippen LogP contribution is -2.53. The van der Waals surface area contributed by atoms with E-state index in [4.69, 9.17) is 0 Å². The van der Waals surface area contributed by atoms with Gasteiger partial charge in [-0.15, -0.1) is 0 Å². The van der Waals surface area contributed by atoms with Crippen LogP contribution in [-0.2, 0) is 11.8 Å². The molecular weight excluding hydrogens is 306 g/mol. The summed E-state index contributed by atoms with van der Waals surface area (Å²) in [6.45, 7) is 0.648. The normalized spacial score (nSPS) is 23.5. The van der Waals surface area contributed by atoms with Gasteiger partial charge >= 0.3 is 0 Å².